The molecule has 2 rings (SSSR count). The van der Waals surface area contributed by atoms with Crippen molar-refractivity contribution >= 4 is 21.7 Å². The van der Waals surface area contributed by atoms with Crippen LogP contribution in [-0.4, -0.2) is 45.7 Å². The van der Waals surface area contributed by atoms with Gasteiger partial charge in [0.15, 0.2) is 9.84 Å². The SMILES string of the molecule is COc1ccc(S(=O)(=O)CC(=O)N[C@@H]2CCCCNC2=O)cc1. The number of carbonyl (C=O) groups excluding carboxylic acids is 2. The Morgan fingerprint density at radius 3 is 2.65 bits per heavy atom. The summed E-state index contributed by atoms with van der Waals surface area (Å²) in [5, 5.41) is 5.19. The third kappa shape index (κ3) is 4.69. The second kappa shape index (κ2) is 7.45. The summed E-state index contributed by atoms with van der Waals surface area (Å²) in [7, 11) is -2.28. The Bertz CT molecular complexity index is 670. The summed E-state index contributed by atoms with van der Waals surface area (Å²) < 4.78 is 29.4. The van der Waals surface area contributed by atoms with Crippen molar-refractivity contribution in [1.82, 2.24) is 10.6 Å². The van der Waals surface area contributed by atoms with Crippen LogP contribution in [0.15, 0.2) is 29.2 Å². The molecule has 0 aromatic heterocycles. The molecule has 1 atom stereocenters. The Kier molecular flexibility index (Phi) is 5.59. The van der Waals surface area contributed by atoms with Gasteiger partial charge in [-0.3, -0.25) is 9.59 Å². The lowest BCUT2D eigenvalue weighted by atomic mass is 10.1. The first-order chi connectivity index (χ1) is 10.9. The number of nitrogens with one attached hydrogen (secondary N) is 2. The molecule has 0 unspecified atom stereocenters. The lowest BCUT2D eigenvalue weighted by molar-refractivity contribution is -0.127. The molecule has 0 bridgehead atoms. The highest BCUT2D eigenvalue weighted by atomic mass is 32.2. The van der Waals surface area contributed by atoms with Crippen LogP contribution >= 0.6 is 0 Å². The average Bonchev–Trinajstić information content (AvgIpc) is 2.72. The third-order valence-electron chi connectivity index (χ3n) is 3.61. The minimum Gasteiger partial charge on any atom is -0.497 e. The van der Waals surface area contributed by atoms with Gasteiger partial charge in [0.1, 0.15) is 17.5 Å². The Hall–Kier alpha value is -2.09. The van der Waals surface area contributed by atoms with Gasteiger partial charge >= 0.3 is 0 Å². The van der Waals surface area contributed by atoms with E-state index in [4.69, 9.17) is 4.74 Å². The number of amides is 2. The number of methoxy groups -OCH3 is 1. The van der Waals surface area contributed by atoms with Gasteiger partial charge in [0.25, 0.3) is 0 Å². The summed E-state index contributed by atoms with van der Waals surface area (Å²) in [6, 6.07) is 5.14. The van der Waals surface area contributed by atoms with Crippen LogP contribution in [0, 0.1) is 0 Å². The zero-order chi connectivity index (χ0) is 16.9. The fourth-order valence-electron chi connectivity index (χ4n) is 2.35. The summed E-state index contributed by atoms with van der Waals surface area (Å²) in [6.45, 7) is 0.579. The highest BCUT2D eigenvalue weighted by Gasteiger charge is 2.25. The van der Waals surface area contributed by atoms with Crippen molar-refractivity contribution in [2.45, 2.75) is 30.2 Å². The number of rotatable bonds is 5. The standard InChI is InChI=1S/C15H20N2O5S/c1-22-11-5-7-12(8-6-11)23(20,21)10-14(18)17-13-4-2-3-9-16-15(13)19/h5-8,13H,2-4,9-10H2,1H3,(H,16,19)(H,17,18)/t13-/m1/s1. The molecule has 2 N–H and O–H groups in total. The Labute approximate surface area is 135 Å². The van der Waals surface area contributed by atoms with Gasteiger partial charge in [-0.25, -0.2) is 8.42 Å². The van der Waals surface area contributed by atoms with Crippen LogP contribution in [-0.2, 0) is 19.4 Å². The maximum absolute atomic E-state index is 12.2. The molecule has 1 aliphatic heterocycles. The van der Waals surface area contributed by atoms with E-state index in [2.05, 4.69) is 10.6 Å². The summed E-state index contributed by atoms with van der Waals surface area (Å²) in [6.07, 6.45) is 2.16. The van der Waals surface area contributed by atoms with E-state index >= 15 is 0 Å². The average molecular weight is 340 g/mol. The lowest BCUT2D eigenvalue weighted by Crippen LogP contribution is -2.47. The van der Waals surface area contributed by atoms with Gasteiger partial charge in [0.05, 0.1) is 12.0 Å². The maximum Gasteiger partial charge on any atom is 0.242 e. The minimum atomic E-state index is -3.76. The van der Waals surface area contributed by atoms with Crippen LogP contribution in [0.2, 0.25) is 0 Å². The largest absolute Gasteiger partial charge is 0.497 e. The molecule has 8 heteroatoms. The predicted octanol–water partition coefficient (Wildman–Crippen LogP) is 0.254. The number of hydrogen-bond donors (Lipinski definition) is 2. The van der Waals surface area contributed by atoms with Crippen LogP contribution in [0.4, 0.5) is 0 Å². The van der Waals surface area contributed by atoms with Crippen molar-refractivity contribution < 1.29 is 22.7 Å². The first kappa shape index (κ1) is 17.3. The van der Waals surface area contributed by atoms with Crippen molar-refractivity contribution in [3.8, 4) is 5.75 Å². The number of hydrogen-bond acceptors (Lipinski definition) is 5. The van der Waals surface area contributed by atoms with Crippen LogP contribution in [0.3, 0.4) is 0 Å². The molecule has 1 fully saturated rings. The Morgan fingerprint density at radius 1 is 1.30 bits per heavy atom. The van der Waals surface area contributed by atoms with E-state index in [1.807, 2.05) is 0 Å². The van der Waals surface area contributed by atoms with Gasteiger partial charge in [-0.05, 0) is 43.5 Å². The van der Waals surface area contributed by atoms with Gasteiger partial charge in [0.2, 0.25) is 11.8 Å². The molecule has 0 saturated carbocycles. The quantitative estimate of drug-likeness (QED) is 0.800. The van der Waals surface area contributed by atoms with Gasteiger partial charge in [-0.2, -0.15) is 0 Å². The van der Waals surface area contributed by atoms with Crippen LogP contribution in [0.5, 0.6) is 5.75 Å². The summed E-state index contributed by atoms with van der Waals surface area (Å²) in [5.74, 6) is -1.10. The van der Waals surface area contributed by atoms with Crippen molar-refractivity contribution in [3.63, 3.8) is 0 Å². The maximum atomic E-state index is 12.2. The fourth-order valence-corrected chi connectivity index (χ4v) is 3.50. The number of ether oxygens (including phenoxy) is 1. The van der Waals surface area contributed by atoms with Crippen molar-refractivity contribution in [1.29, 1.82) is 0 Å². The van der Waals surface area contributed by atoms with Gasteiger partial charge in [-0.1, -0.05) is 0 Å². The molecular weight excluding hydrogens is 320 g/mol. The fraction of sp³-hybridized carbons (Fsp3) is 0.467. The second-order valence-electron chi connectivity index (χ2n) is 5.34. The normalized spacial score (nSPS) is 18.7. The molecule has 1 aliphatic rings. The zero-order valence-corrected chi connectivity index (χ0v) is 13.7. The van der Waals surface area contributed by atoms with Crippen molar-refractivity contribution in [2.75, 3.05) is 19.4 Å². The number of benzene rings is 1. The predicted molar refractivity (Wildman–Crippen MR) is 83.8 cm³/mol. The monoisotopic (exact) mass is 340 g/mol. The zero-order valence-electron chi connectivity index (χ0n) is 12.9. The summed E-state index contributed by atoms with van der Waals surface area (Å²) in [5.41, 5.74) is 0. The molecule has 1 heterocycles. The summed E-state index contributed by atoms with van der Waals surface area (Å²) >= 11 is 0. The molecule has 1 aromatic rings. The highest BCUT2D eigenvalue weighted by Crippen LogP contribution is 2.16. The smallest absolute Gasteiger partial charge is 0.242 e. The van der Waals surface area contributed by atoms with Crippen molar-refractivity contribution in [2.24, 2.45) is 0 Å². The van der Waals surface area contributed by atoms with Gasteiger partial charge < -0.3 is 15.4 Å². The number of carbonyl (C=O) groups is 2. The molecule has 0 radical (unpaired) electrons. The molecular formula is C15H20N2O5S. The van der Waals surface area contributed by atoms with E-state index in [-0.39, 0.29) is 10.8 Å². The minimum absolute atomic E-state index is 0.0405. The Morgan fingerprint density at radius 2 is 2.00 bits per heavy atom. The van der Waals surface area contributed by atoms with E-state index in [1.54, 1.807) is 0 Å². The highest BCUT2D eigenvalue weighted by molar-refractivity contribution is 7.92. The molecule has 2 amide bonds. The van der Waals surface area contributed by atoms with E-state index in [0.29, 0.717) is 18.7 Å². The van der Waals surface area contributed by atoms with E-state index in [0.717, 1.165) is 12.8 Å². The van der Waals surface area contributed by atoms with Gasteiger partial charge in [0, 0.05) is 6.54 Å². The molecule has 23 heavy (non-hydrogen) atoms. The van der Waals surface area contributed by atoms with Crippen molar-refractivity contribution in [3.05, 3.63) is 24.3 Å². The lowest BCUT2D eigenvalue weighted by Gasteiger charge is -2.15. The molecule has 7 nitrogen and oxygen atoms in total. The van der Waals surface area contributed by atoms with Crippen LogP contribution in [0.1, 0.15) is 19.3 Å². The van der Waals surface area contributed by atoms with Crippen LogP contribution in [0.25, 0.3) is 0 Å². The second-order valence-corrected chi connectivity index (χ2v) is 7.33. The first-order valence-corrected chi connectivity index (χ1v) is 9.01. The van der Waals surface area contributed by atoms with Crippen LogP contribution < -0.4 is 15.4 Å². The first-order valence-electron chi connectivity index (χ1n) is 7.36. The molecule has 126 valence electrons. The van der Waals surface area contributed by atoms with Gasteiger partial charge in [-0.15, -0.1) is 0 Å². The molecule has 1 saturated heterocycles. The number of sulfone groups is 1. The van der Waals surface area contributed by atoms with E-state index in [9.17, 15) is 18.0 Å². The molecule has 0 spiro atoms. The topological polar surface area (TPSA) is 102 Å². The molecule has 0 aliphatic carbocycles. The van der Waals surface area contributed by atoms with E-state index < -0.39 is 27.5 Å². The summed E-state index contributed by atoms with van der Waals surface area (Å²) in [4.78, 5) is 23.8. The third-order valence-corrected chi connectivity index (χ3v) is 5.24. The van der Waals surface area contributed by atoms with E-state index in [1.165, 1.54) is 31.4 Å². The Balaban J connectivity index is 2.01. The molecule has 1 aromatic carbocycles.